The van der Waals surface area contributed by atoms with Crippen LogP contribution in [0.1, 0.15) is 290 Å². The number of carbonyl (C=O) groups is 3. The molecule has 0 heterocycles. The van der Waals surface area contributed by atoms with Crippen LogP contribution >= 0.6 is 0 Å². The Morgan fingerprint density at radius 1 is 0.313 bits per heavy atom. The summed E-state index contributed by atoms with van der Waals surface area (Å²) in [6, 6.07) is 0. The number of ether oxygens (including phenoxy) is 3. The van der Waals surface area contributed by atoms with Gasteiger partial charge in [0.1, 0.15) is 13.2 Å². The van der Waals surface area contributed by atoms with E-state index in [1.165, 1.54) is 154 Å². The number of hydrogen-bond donors (Lipinski definition) is 0. The van der Waals surface area contributed by atoms with Crippen LogP contribution in [0.3, 0.4) is 0 Å². The fourth-order valence-corrected chi connectivity index (χ4v) is 8.19. The lowest BCUT2D eigenvalue weighted by Gasteiger charge is -2.18. The van der Waals surface area contributed by atoms with E-state index in [0.717, 1.165) is 96.3 Å². The number of hydrogen-bond acceptors (Lipinski definition) is 6. The van der Waals surface area contributed by atoms with Crippen molar-refractivity contribution in [2.75, 3.05) is 13.2 Å². The van der Waals surface area contributed by atoms with Gasteiger partial charge in [-0.1, -0.05) is 248 Å². The Hall–Kier alpha value is -2.89. The van der Waals surface area contributed by atoms with Crippen molar-refractivity contribution in [3.8, 4) is 0 Å². The van der Waals surface area contributed by atoms with Gasteiger partial charge in [0.05, 0.1) is 0 Å². The smallest absolute Gasteiger partial charge is 0.306 e. The van der Waals surface area contributed by atoms with Gasteiger partial charge in [-0.25, -0.2) is 0 Å². The Morgan fingerprint density at radius 2 is 0.582 bits per heavy atom. The second kappa shape index (κ2) is 55.7. The Morgan fingerprint density at radius 3 is 0.925 bits per heavy atom. The zero-order valence-corrected chi connectivity index (χ0v) is 44.4. The summed E-state index contributed by atoms with van der Waals surface area (Å²) >= 11 is 0. The molecule has 0 aromatic heterocycles. The number of rotatable bonds is 52. The van der Waals surface area contributed by atoms with Gasteiger partial charge in [-0.3, -0.25) is 14.4 Å². The zero-order valence-electron chi connectivity index (χ0n) is 44.4. The van der Waals surface area contributed by atoms with Gasteiger partial charge in [-0.05, 0) is 83.5 Å². The second-order valence-corrected chi connectivity index (χ2v) is 19.2. The summed E-state index contributed by atoms with van der Waals surface area (Å²) in [7, 11) is 0. The molecule has 0 aliphatic rings. The maximum atomic E-state index is 12.8. The van der Waals surface area contributed by atoms with Gasteiger partial charge >= 0.3 is 17.9 Å². The highest BCUT2D eigenvalue weighted by Gasteiger charge is 2.19. The van der Waals surface area contributed by atoms with Gasteiger partial charge in [0.2, 0.25) is 0 Å². The Kier molecular flexibility index (Phi) is 53.3. The quantitative estimate of drug-likeness (QED) is 0.0262. The third-order valence-electron chi connectivity index (χ3n) is 12.5. The second-order valence-electron chi connectivity index (χ2n) is 19.2. The molecule has 0 fully saturated rings. The molecule has 0 amide bonds. The van der Waals surface area contributed by atoms with E-state index in [-0.39, 0.29) is 31.1 Å². The molecule has 67 heavy (non-hydrogen) atoms. The standard InChI is InChI=1S/C61H108O6/c1-4-7-10-13-16-19-22-24-26-28-29-30-31-33-34-36-39-42-45-48-51-54-60(63)66-57-58(56-65-59(62)53-50-47-44-41-38-21-18-15-12-9-6-3)67-61(64)55-52-49-46-43-40-37-35-32-27-25-23-20-17-14-11-8-5-2/h8,11,17,20,24-27,35,37,58H,4-7,9-10,12-16,18-19,21-23,28-34,36,38-57H2,1-3H3/b11-8-,20-17-,26-24-,27-25-,37-35-/t58-/m0/s1. The fourth-order valence-electron chi connectivity index (χ4n) is 8.19. The molecule has 0 aromatic carbocycles. The van der Waals surface area contributed by atoms with Crippen LogP contribution in [0.2, 0.25) is 0 Å². The van der Waals surface area contributed by atoms with E-state index < -0.39 is 6.10 Å². The summed E-state index contributed by atoms with van der Waals surface area (Å²) in [6.07, 6.45) is 69.3. The van der Waals surface area contributed by atoms with Crippen molar-refractivity contribution in [1.29, 1.82) is 0 Å². The van der Waals surface area contributed by atoms with Crippen molar-refractivity contribution in [2.45, 2.75) is 297 Å². The summed E-state index contributed by atoms with van der Waals surface area (Å²) in [6.45, 7) is 6.52. The van der Waals surface area contributed by atoms with Crippen molar-refractivity contribution in [1.82, 2.24) is 0 Å². The molecule has 0 saturated carbocycles. The van der Waals surface area contributed by atoms with Crippen molar-refractivity contribution in [3.63, 3.8) is 0 Å². The summed E-state index contributed by atoms with van der Waals surface area (Å²) < 4.78 is 16.8. The summed E-state index contributed by atoms with van der Waals surface area (Å²) in [5.41, 5.74) is 0. The highest BCUT2D eigenvalue weighted by molar-refractivity contribution is 5.71. The molecule has 388 valence electrons. The van der Waals surface area contributed by atoms with Gasteiger partial charge in [0.25, 0.3) is 0 Å². The van der Waals surface area contributed by atoms with E-state index in [1.54, 1.807) is 0 Å². The van der Waals surface area contributed by atoms with Gasteiger partial charge < -0.3 is 14.2 Å². The molecule has 6 nitrogen and oxygen atoms in total. The number of unbranched alkanes of at least 4 members (excludes halogenated alkanes) is 31. The van der Waals surface area contributed by atoms with Crippen LogP contribution in [0.5, 0.6) is 0 Å². The molecule has 0 aromatic rings. The molecule has 0 rings (SSSR count). The molecule has 1 atom stereocenters. The summed E-state index contributed by atoms with van der Waals surface area (Å²) in [5, 5.41) is 0. The molecular formula is C61H108O6. The number of carbonyl (C=O) groups excluding carboxylic acids is 3. The molecule has 0 spiro atoms. The molecular weight excluding hydrogens is 829 g/mol. The minimum absolute atomic E-state index is 0.0819. The molecule has 6 heteroatoms. The number of esters is 3. The molecule has 0 radical (unpaired) electrons. The van der Waals surface area contributed by atoms with Crippen LogP contribution in [0, 0.1) is 0 Å². The summed E-state index contributed by atoms with van der Waals surface area (Å²) in [5.74, 6) is -0.896. The van der Waals surface area contributed by atoms with E-state index in [4.69, 9.17) is 14.2 Å². The van der Waals surface area contributed by atoms with Crippen LogP contribution in [0.4, 0.5) is 0 Å². The van der Waals surface area contributed by atoms with E-state index in [2.05, 4.69) is 81.5 Å². The zero-order chi connectivity index (χ0) is 48.6. The first-order valence-corrected chi connectivity index (χ1v) is 28.8. The van der Waals surface area contributed by atoms with Crippen LogP contribution in [0.25, 0.3) is 0 Å². The van der Waals surface area contributed by atoms with Crippen LogP contribution < -0.4 is 0 Å². The van der Waals surface area contributed by atoms with E-state index in [9.17, 15) is 14.4 Å². The Labute approximate surface area is 415 Å². The van der Waals surface area contributed by atoms with Crippen molar-refractivity contribution in [3.05, 3.63) is 60.8 Å². The fraction of sp³-hybridized carbons (Fsp3) is 0.787. The third-order valence-corrected chi connectivity index (χ3v) is 12.5. The van der Waals surface area contributed by atoms with Crippen LogP contribution in [-0.2, 0) is 28.6 Å². The van der Waals surface area contributed by atoms with Crippen molar-refractivity contribution < 1.29 is 28.6 Å². The molecule has 0 saturated heterocycles. The van der Waals surface area contributed by atoms with Crippen molar-refractivity contribution >= 4 is 17.9 Å². The Bertz CT molecular complexity index is 1210. The first-order chi connectivity index (χ1) is 33.0. The SMILES string of the molecule is CC/C=C\C/C=C\C/C=C\C/C=C\CCCCCCC(=O)O[C@@H](COC(=O)CCCCCCCCCCCCC)COC(=O)CCCCCCCCCCCCC/C=C\CCCCCCCC. The average molecular weight is 938 g/mol. The first kappa shape index (κ1) is 64.1. The molecule has 0 bridgehead atoms. The minimum Gasteiger partial charge on any atom is -0.462 e. The van der Waals surface area contributed by atoms with Crippen LogP contribution in [-0.4, -0.2) is 37.2 Å². The normalized spacial score (nSPS) is 12.5. The largest absolute Gasteiger partial charge is 0.462 e. The lowest BCUT2D eigenvalue weighted by atomic mass is 10.0. The Balaban J connectivity index is 4.33. The predicted octanol–water partition coefficient (Wildman–Crippen LogP) is 19.2. The maximum Gasteiger partial charge on any atom is 0.306 e. The van der Waals surface area contributed by atoms with Gasteiger partial charge in [0, 0.05) is 19.3 Å². The number of allylic oxidation sites excluding steroid dienone is 10. The van der Waals surface area contributed by atoms with Gasteiger partial charge in [0.15, 0.2) is 6.10 Å². The van der Waals surface area contributed by atoms with Crippen molar-refractivity contribution in [2.24, 2.45) is 0 Å². The van der Waals surface area contributed by atoms with Gasteiger partial charge in [-0.2, -0.15) is 0 Å². The molecule has 0 aliphatic carbocycles. The highest BCUT2D eigenvalue weighted by Crippen LogP contribution is 2.16. The average Bonchev–Trinajstić information content (AvgIpc) is 3.33. The van der Waals surface area contributed by atoms with E-state index in [1.807, 2.05) is 0 Å². The van der Waals surface area contributed by atoms with Crippen LogP contribution in [0.15, 0.2) is 60.8 Å². The molecule has 0 N–H and O–H groups in total. The van der Waals surface area contributed by atoms with E-state index >= 15 is 0 Å². The lowest BCUT2D eigenvalue weighted by molar-refractivity contribution is -0.167. The van der Waals surface area contributed by atoms with Gasteiger partial charge in [-0.15, -0.1) is 0 Å². The van der Waals surface area contributed by atoms with E-state index in [0.29, 0.717) is 19.3 Å². The topological polar surface area (TPSA) is 78.9 Å². The summed E-state index contributed by atoms with van der Waals surface area (Å²) in [4.78, 5) is 38.1. The molecule has 0 aliphatic heterocycles. The molecule has 0 unspecified atom stereocenters. The highest BCUT2D eigenvalue weighted by atomic mass is 16.6. The monoisotopic (exact) mass is 937 g/mol. The first-order valence-electron chi connectivity index (χ1n) is 28.8. The minimum atomic E-state index is -0.785. The maximum absolute atomic E-state index is 12.8. The lowest BCUT2D eigenvalue weighted by Crippen LogP contribution is -2.30. The third kappa shape index (κ3) is 53.9. The predicted molar refractivity (Wildman–Crippen MR) is 288 cm³/mol.